The van der Waals surface area contributed by atoms with Crippen LogP contribution in [0.3, 0.4) is 0 Å². The van der Waals surface area contributed by atoms with E-state index in [2.05, 4.69) is 92.1 Å². The van der Waals surface area contributed by atoms with Gasteiger partial charge in [-0.15, -0.1) is 0 Å². The Kier molecular flexibility index (Phi) is 35.5. The predicted molar refractivity (Wildman–Crippen MR) is 220 cm³/mol. The van der Waals surface area contributed by atoms with Crippen molar-refractivity contribution in [1.29, 1.82) is 0 Å². The molecule has 2 atom stereocenters. The fourth-order valence-electron chi connectivity index (χ4n) is 5.53. The quantitative estimate of drug-likeness (QED) is 0.0342. The lowest BCUT2D eigenvalue weighted by Gasteiger charge is -2.21. The predicted octanol–water partition coefficient (Wildman–Crippen LogP) is 12.0. The second-order valence-electron chi connectivity index (χ2n) is 13.5. The van der Waals surface area contributed by atoms with Gasteiger partial charge >= 0.3 is 0 Å². The summed E-state index contributed by atoms with van der Waals surface area (Å²) >= 11 is 0. The fraction of sp³-hybridized carbons (Fsp3) is 0.659. The van der Waals surface area contributed by atoms with Gasteiger partial charge in [0.2, 0.25) is 5.91 Å². The van der Waals surface area contributed by atoms with Crippen molar-refractivity contribution in [3.63, 3.8) is 0 Å². The van der Waals surface area contributed by atoms with Crippen molar-refractivity contribution in [3.05, 3.63) is 85.1 Å². The molecule has 0 radical (unpaired) electrons. The van der Waals surface area contributed by atoms with Gasteiger partial charge in [-0.25, -0.2) is 0 Å². The van der Waals surface area contributed by atoms with Crippen LogP contribution in [0.2, 0.25) is 0 Å². The second-order valence-corrected chi connectivity index (χ2v) is 15.0. The van der Waals surface area contributed by atoms with Gasteiger partial charge in [0.1, 0.15) is 0 Å². The highest BCUT2D eigenvalue weighted by Crippen LogP contribution is 2.12. The summed E-state index contributed by atoms with van der Waals surface area (Å²) in [6.07, 6.45) is 54.2. The number of unbranched alkanes of at least 4 members (excludes halogenated alkanes) is 15. The summed E-state index contributed by atoms with van der Waals surface area (Å²) in [5.41, 5.74) is 0. The van der Waals surface area contributed by atoms with Crippen LogP contribution in [0.15, 0.2) is 85.1 Å². The molecule has 0 aliphatic carbocycles. The lowest BCUT2D eigenvalue weighted by atomic mass is 10.1. The van der Waals surface area contributed by atoms with Gasteiger partial charge < -0.3 is 10.4 Å². The number of amides is 1. The Hall–Kier alpha value is -2.48. The molecule has 0 aliphatic rings. The molecule has 0 saturated carbocycles. The average Bonchev–Trinajstić information content (AvgIpc) is 3.09. The van der Waals surface area contributed by atoms with Gasteiger partial charge in [-0.2, -0.15) is 8.42 Å². The molecule has 0 rings (SSSR count). The normalized spacial score (nSPS) is 14.2. The molecule has 6 nitrogen and oxygen atoms in total. The molecule has 1 amide bonds. The van der Waals surface area contributed by atoms with Crippen molar-refractivity contribution in [3.8, 4) is 0 Å². The van der Waals surface area contributed by atoms with Crippen molar-refractivity contribution < 1.29 is 22.9 Å². The minimum Gasteiger partial charge on any atom is -0.387 e. The Morgan fingerprint density at radius 1 is 0.549 bits per heavy atom. The summed E-state index contributed by atoms with van der Waals surface area (Å²) in [5.74, 6) is -1.03. The Bertz CT molecular complexity index is 1120. The van der Waals surface area contributed by atoms with E-state index < -0.39 is 28.0 Å². The van der Waals surface area contributed by atoms with Crippen molar-refractivity contribution >= 4 is 16.0 Å². The second kappa shape index (κ2) is 37.3. The molecule has 0 bridgehead atoms. The Morgan fingerprint density at radius 3 is 1.47 bits per heavy atom. The molecule has 2 unspecified atom stereocenters. The van der Waals surface area contributed by atoms with Gasteiger partial charge in [0.25, 0.3) is 10.1 Å². The molecule has 3 N–H and O–H groups in total. The van der Waals surface area contributed by atoms with Crippen molar-refractivity contribution in [2.24, 2.45) is 0 Å². The maximum absolute atomic E-state index is 12.5. The SMILES string of the molecule is CC/C=C\C/C=C\C/C=C\C/C=C\CCCCCCCCCCC(=O)NC(CS(=O)(=O)O)C(O)/C=C/CC/C=C/CC/C=C/CCCCCCC. The van der Waals surface area contributed by atoms with Gasteiger partial charge in [0.05, 0.1) is 17.9 Å². The minimum absolute atomic E-state index is 0.270. The van der Waals surface area contributed by atoms with E-state index in [-0.39, 0.29) is 12.3 Å². The van der Waals surface area contributed by atoms with Crippen LogP contribution in [0.1, 0.15) is 168 Å². The van der Waals surface area contributed by atoms with Crippen LogP contribution in [0, 0.1) is 0 Å². The van der Waals surface area contributed by atoms with Crippen molar-refractivity contribution in [1.82, 2.24) is 5.32 Å². The van der Waals surface area contributed by atoms with E-state index in [0.717, 1.165) is 77.0 Å². The highest BCUT2D eigenvalue weighted by molar-refractivity contribution is 7.85. The molecule has 51 heavy (non-hydrogen) atoms. The summed E-state index contributed by atoms with van der Waals surface area (Å²) in [7, 11) is -4.36. The first-order chi connectivity index (χ1) is 24.8. The van der Waals surface area contributed by atoms with E-state index in [1.807, 2.05) is 0 Å². The third-order valence-corrected chi connectivity index (χ3v) is 9.31. The van der Waals surface area contributed by atoms with Crippen LogP contribution >= 0.6 is 0 Å². The van der Waals surface area contributed by atoms with Gasteiger partial charge in [-0.1, -0.05) is 163 Å². The van der Waals surface area contributed by atoms with Gasteiger partial charge in [-0.3, -0.25) is 9.35 Å². The van der Waals surface area contributed by atoms with Crippen LogP contribution in [0.4, 0.5) is 0 Å². The van der Waals surface area contributed by atoms with Crippen LogP contribution in [-0.2, 0) is 14.9 Å². The number of aliphatic hydroxyl groups excluding tert-OH is 1. The summed E-state index contributed by atoms with van der Waals surface area (Å²) < 4.78 is 32.5. The van der Waals surface area contributed by atoms with E-state index in [1.54, 1.807) is 6.08 Å². The molecule has 0 spiro atoms. The summed E-state index contributed by atoms with van der Waals surface area (Å²) in [6, 6.07) is -1.09. The molecular weight excluding hydrogens is 655 g/mol. The summed E-state index contributed by atoms with van der Waals surface area (Å²) in [4.78, 5) is 12.5. The number of hydrogen-bond donors (Lipinski definition) is 3. The highest BCUT2D eigenvalue weighted by Gasteiger charge is 2.24. The first-order valence-electron chi connectivity index (χ1n) is 20.3. The zero-order chi connectivity index (χ0) is 37.5. The maximum Gasteiger partial charge on any atom is 0.267 e. The van der Waals surface area contributed by atoms with Crippen LogP contribution < -0.4 is 5.32 Å². The van der Waals surface area contributed by atoms with Crippen LogP contribution in [0.5, 0.6) is 0 Å². The number of carbonyl (C=O) groups is 1. The lowest BCUT2D eigenvalue weighted by Crippen LogP contribution is -2.46. The number of aliphatic hydroxyl groups is 1. The van der Waals surface area contributed by atoms with E-state index in [0.29, 0.717) is 12.8 Å². The largest absolute Gasteiger partial charge is 0.387 e. The molecule has 0 heterocycles. The Morgan fingerprint density at radius 2 is 0.961 bits per heavy atom. The van der Waals surface area contributed by atoms with Gasteiger partial charge in [0, 0.05) is 6.42 Å². The average molecular weight is 730 g/mol. The third kappa shape index (κ3) is 38.6. The maximum atomic E-state index is 12.5. The number of nitrogens with one attached hydrogen (secondary N) is 1. The molecule has 0 fully saturated rings. The smallest absolute Gasteiger partial charge is 0.267 e. The van der Waals surface area contributed by atoms with Gasteiger partial charge in [-0.05, 0) is 83.5 Å². The molecule has 0 aromatic carbocycles. The zero-order valence-electron chi connectivity index (χ0n) is 32.4. The Balaban J connectivity index is 4.02. The Labute approximate surface area is 314 Å². The number of hydrogen-bond acceptors (Lipinski definition) is 4. The lowest BCUT2D eigenvalue weighted by molar-refractivity contribution is -0.122. The molecule has 0 aliphatic heterocycles. The molecule has 0 aromatic heterocycles. The number of carbonyl (C=O) groups excluding carboxylic acids is 1. The van der Waals surface area contributed by atoms with Crippen molar-refractivity contribution in [2.75, 3.05) is 5.75 Å². The summed E-state index contributed by atoms with van der Waals surface area (Å²) in [5, 5.41) is 13.2. The molecular formula is C44H75NO5S. The summed E-state index contributed by atoms with van der Waals surface area (Å²) in [6.45, 7) is 4.39. The minimum atomic E-state index is -4.36. The first-order valence-corrected chi connectivity index (χ1v) is 21.9. The van der Waals surface area contributed by atoms with Crippen LogP contribution in [-0.4, -0.2) is 41.9 Å². The zero-order valence-corrected chi connectivity index (χ0v) is 33.3. The number of rotatable bonds is 35. The standard InChI is InChI=1S/C44H75NO5S/c1-3-5-7-9-11-13-15-17-19-20-21-22-23-24-26-28-30-32-34-36-38-40-44(47)45-42(41-51(48,49)50)43(46)39-37-35-33-31-29-27-25-18-16-14-12-10-8-6-4-2/h5,7,11,13,16-19,21-22,29,31,37,39,42-43,46H,3-4,6,8-10,12,14-15,20,23-28,30,32-36,38,40-41H2,1-2H3,(H,45,47)(H,48,49,50)/b7-5-,13-11-,18-16+,19-17-,22-21-,31-29+,39-37+. The highest BCUT2D eigenvalue weighted by atomic mass is 32.2. The van der Waals surface area contributed by atoms with Crippen LogP contribution in [0.25, 0.3) is 0 Å². The first kappa shape index (κ1) is 48.5. The molecule has 0 aromatic rings. The van der Waals surface area contributed by atoms with E-state index in [9.17, 15) is 22.9 Å². The topological polar surface area (TPSA) is 104 Å². The third-order valence-electron chi connectivity index (χ3n) is 8.53. The molecule has 0 saturated heterocycles. The molecule has 7 heteroatoms. The van der Waals surface area contributed by atoms with Gasteiger partial charge in [0.15, 0.2) is 0 Å². The van der Waals surface area contributed by atoms with E-state index >= 15 is 0 Å². The number of allylic oxidation sites excluding steroid dienone is 13. The van der Waals surface area contributed by atoms with Crippen molar-refractivity contribution in [2.45, 2.75) is 180 Å². The fourth-order valence-corrected chi connectivity index (χ4v) is 6.26. The monoisotopic (exact) mass is 730 g/mol. The van der Waals surface area contributed by atoms with E-state index in [4.69, 9.17) is 0 Å². The molecule has 292 valence electrons. The van der Waals surface area contributed by atoms with E-state index in [1.165, 1.54) is 63.9 Å².